The van der Waals surface area contributed by atoms with Gasteiger partial charge in [0.05, 0.1) is 0 Å². The van der Waals surface area contributed by atoms with Gasteiger partial charge < -0.3 is 10.2 Å². The Labute approximate surface area is 128 Å². The molecule has 0 unspecified atom stereocenters. The van der Waals surface area contributed by atoms with Gasteiger partial charge in [-0.2, -0.15) is 0 Å². The number of nitrogens with zero attached hydrogens (tertiary/aromatic N) is 3. The molecule has 0 amide bonds. The van der Waals surface area contributed by atoms with Crippen molar-refractivity contribution in [1.82, 2.24) is 15.2 Å². The van der Waals surface area contributed by atoms with Gasteiger partial charge in [0.15, 0.2) is 0 Å². The van der Waals surface area contributed by atoms with Crippen molar-refractivity contribution in [2.45, 2.75) is 39.3 Å². The van der Waals surface area contributed by atoms with Crippen LogP contribution in [0.25, 0.3) is 0 Å². The second-order valence-electron chi connectivity index (χ2n) is 6.80. The van der Waals surface area contributed by atoms with Crippen molar-refractivity contribution in [3.05, 3.63) is 23.9 Å². The van der Waals surface area contributed by atoms with Crippen molar-refractivity contribution in [2.75, 3.05) is 37.6 Å². The molecule has 0 spiro atoms. The molecule has 1 N–H and O–H groups in total. The highest BCUT2D eigenvalue weighted by molar-refractivity contribution is 5.41. The summed E-state index contributed by atoms with van der Waals surface area (Å²) in [6.45, 7) is 11.1. The van der Waals surface area contributed by atoms with Crippen molar-refractivity contribution >= 4 is 5.82 Å². The fraction of sp³-hybridized carbons (Fsp3) is 0.706. The third-order valence-corrected chi connectivity index (χ3v) is 4.39. The second kappa shape index (κ2) is 6.75. The monoisotopic (exact) mass is 288 g/mol. The summed E-state index contributed by atoms with van der Waals surface area (Å²) < 4.78 is 0. The standard InChI is InChI=1S/C17H28N4/c1-14(2)12-18-13-15-5-6-19-17(11-15)21-9-7-20(8-10-21)16-3-4-16/h5-6,11,14,16,18H,3-4,7-10,12-13H2,1-2H3. The molecule has 2 aliphatic rings. The first-order chi connectivity index (χ1) is 10.2. The topological polar surface area (TPSA) is 31.4 Å². The van der Waals surface area contributed by atoms with E-state index in [1.54, 1.807) is 0 Å². The Balaban J connectivity index is 1.53. The molecule has 0 atom stereocenters. The Morgan fingerprint density at radius 3 is 2.67 bits per heavy atom. The minimum Gasteiger partial charge on any atom is -0.354 e. The Hall–Kier alpha value is -1.13. The van der Waals surface area contributed by atoms with Gasteiger partial charge >= 0.3 is 0 Å². The molecular weight excluding hydrogens is 260 g/mol. The van der Waals surface area contributed by atoms with Crippen LogP contribution in [-0.4, -0.2) is 48.6 Å². The Bertz CT molecular complexity index is 448. The van der Waals surface area contributed by atoms with E-state index in [9.17, 15) is 0 Å². The van der Waals surface area contributed by atoms with Crippen LogP contribution in [0, 0.1) is 5.92 Å². The third kappa shape index (κ3) is 4.17. The van der Waals surface area contributed by atoms with Crippen molar-refractivity contribution in [3.63, 3.8) is 0 Å². The van der Waals surface area contributed by atoms with Gasteiger partial charge in [0.2, 0.25) is 0 Å². The number of nitrogens with one attached hydrogen (secondary N) is 1. The van der Waals surface area contributed by atoms with Crippen LogP contribution in [0.3, 0.4) is 0 Å². The minimum absolute atomic E-state index is 0.696. The summed E-state index contributed by atoms with van der Waals surface area (Å²) in [6, 6.07) is 5.27. The zero-order chi connectivity index (χ0) is 14.7. The molecule has 3 rings (SSSR count). The van der Waals surface area contributed by atoms with Gasteiger partial charge in [-0.1, -0.05) is 13.8 Å². The van der Waals surface area contributed by atoms with Gasteiger partial charge in [-0.15, -0.1) is 0 Å². The lowest BCUT2D eigenvalue weighted by molar-refractivity contribution is 0.247. The average molecular weight is 288 g/mol. The summed E-state index contributed by atoms with van der Waals surface area (Å²) in [5.74, 6) is 1.84. The summed E-state index contributed by atoms with van der Waals surface area (Å²) in [5, 5.41) is 3.51. The van der Waals surface area contributed by atoms with Crippen LogP contribution in [-0.2, 0) is 6.54 Å². The van der Waals surface area contributed by atoms with E-state index >= 15 is 0 Å². The fourth-order valence-corrected chi connectivity index (χ4v) is 3.00. The first-order valence-corrected chi connectivity index (χ1v) is 8.37. The van der Waals surface area contributed by atoms with Crippen LogP contribution in [0.5, 0.6) is 0 Å². The minimum atomic E-state index is 0.696. The normalized spacial score (nSPS) is 20.2. The predicted octanol–water partition coefficient (Wildman–Crippen LogP) is 2.11. The molecule has 0 aromatic carbocycles. The zero-order valence-electron chi connectivity index (χ0n) is 13.4. The van der Waals surface area contributed by atoms with E-state index in [1.165, 1.54) is 31.5 Å². The lowest BCUT2D eigenvalue weighted by atomic mass is 10.2. The number of anilines is 1. The number of hydrogen-bond donors (Lipinski definition) is 1. The van der Waals surface area contributed by atoms with Gasteiger partial charge in [0, 0.05) is 45.0 Å². The molecule has 2 heterocycles. The molecule has 2 fully saturated rings. The van der Waals surface area contributed by atoms with Gasteiger partial charge in [0.25, 0.3) is 0 Å². The Kier molecular flexibility index (Phi) is 4.76. The molecule has 0 radical (unpaired) electrons. The van der Waals surface area contributed by atoms with E-state index in [0.717, 1.165) is 38.0 Å². The van der Waals surface area contributed by atoms with Crippen molar-refractivity contribution in [3.8, 4) is 0 Å². The highest BCUT2D eigenvalue weighted by Gasteiger charge is 2.31. The summed E-state index contributed by atoms with van der Waals surface area (Å²) >= 11 is 0. The van der Waals surface area contributed by atoms with Gasteiger partial charge in [-0.05, 0) is 43.0 Å². The molecule has 21 heavy (non-hydrogen) atoms. The van der Waals surface area contributed by atoms with Crippen LogP contribution < -0.4 is 10.2 Å². The van der Waals surface area contributed by atoms with Crippen LogP contribution in [0.4, 0.5) is 5.82 Å². The van der Waals surface area contributed by atoms with Crippen molar-refractivity contribution < 1.29 is 0 Å². The van der Waals surface area contributed by atoms with E-state index < -0.39 is 0 Å². The van der Waals surface area contributed by atoms with Crippen LogP contribution in [0.1, 0.15) is 32.3 Å². The first kappa shape index (κ1) is 14.8. The summed E-state index contributed by atoms with van der Waals surface area (Å²) in [5.41, 5.74) is 1.34. The van der Waals surface area contributed by atoms with Crippen LogP contribution in [0.2, 0.25) is 0 Å². The quantitative estimate of drug-likeness (QED) is 0.869. The zero-order valence-corrected chi connectivity index (χ0v) is 13.4. The summed E-state index contributed by atoms with van der Waals surface area (Å²) in [4.78, 5) is 9.65. The maximum atomic E-state index is 4.57. The largest absolute Gasteiger partial charge is 0.354 e. The highest BCUT2D eigenvalue weighted by Crippen LogP contribution is 2.28. The van der Waals surface area contributed by atoms with Crippen molar-refractivity contribution in [2.24, 2.45) is 5.92 Å². The molecule has 4 nitrogen and oxygen atoms in total. The van der Waals surface area contributed by atoms with Gasteiger partial charge in [0.1, 0.15) is 5.82 Å². The van der Waals surface area contributed by atoms with Gasteiger partial charge in [-0.3, -0.25) is 4.90 Å². The lowest BCUT2D eigenvalue weighted by Gasteiger charge is -2.35. The SMILES string of the molecule is CC(C)CNCc1ccnc(N2CCN(C3CC3)CC2)c1. The molecule has 0 bridgehead atoms. The molecule has 1 aromatic rings. The molecule has 1 aliphatic heterocycles. The van der Waals surface area contributed by atoms with E-state index in [-0.39, 0.29) is 0 Å². The fourth-order valence-electron chi connectivity index (χ4n) is 3.00. The lowest BCUT2D eigenvalue weighted by Crippen LogP contribution is -2.47. The second-order valence-corrected chi connectivity index (χ2v) is 6.80. The smallest absolute Gasteiger partial charge is 0.128 e. The van der Waals surface area contributed by atoms with Crippen molar-refractivity contribution in [1.29, 1.82) is 0 Å². The maximum absolute atomic E-state index is 4.57. The number of piperazine rings is 1. The molecule has 1 saturated heterocycles. The Morgan fingerprint density at radius 2 is 2.00 bits per heavy atom. The number of rotatable bonds is 6. The highest BCUT2D eigenvalue weighted by atomic mass is 15.3. The molecule has 1 saturated carbocycles. The molecule has 1 aliphatic carbocycles. The van der Waals surface area contributed by atoms with E-state index in [4.69, 9.17) is 0 Å². The first-order valence-electron chi connectivity index (χ1n) is 8.37. The molecule has 1 aromatic heterocycles. The summed E-state index contributed by atoms with van der Waals surface area (Å²) in [7, 11) is 0. The van der Waals surface area contributed by atoms with Gasteiger partial charge in [-0.25, -0.2) is 4.98 Å². The number of aromatic nitrogens is 1. The third-order valence-electron chi connectivity index (χ3n) is 4.39. The molecule has 116 valence electrons. The van der Waals surface area contributed by atoms with E-state index in [2.05, 4.69) is 46.1 Å². The van der Waals surface area contributed by atoms with E-state index in [1.807, 2.05) is 6.20 Å². The number of pyridine rings is 1. The molecule has 4 heteroatoms. The summed E-state index contributed by atoms with van der Waals surface area (Å²) in [6.07, 6.45) is 4.78. The van der Waals surface area contributed by atoms with E-state index in [0.29, 0.717) is 5.92 Å². The van der Waals surface area contributed by atoms with Crippen LogP contribution >= 0.6 is 0 Å². The maximum Gasteiger partial charge on any atom is 0.128 e. The molecular formula is C17H28N4. The Morgan fingerprint density at radius 1 is 1.24 bits per heavy atom. The predicted molar refractivity (Wildman–Crippen MR) is 87.6 cm³/mol. The van der Waals surface area contributed by atoms with Crippen LogP contribution in [0.15, 0.2) is 18.3 Å². The number of hydrogen-bond acceptors (Lipinski definition) is 4. The average Bonchev–Trinajstić information content (AvgIpc) is 3.32.